The molecule has 2 heterocycles. The normalized spacial score (nSPS) is 11.4. The van der Waals surface area contributed by atoms with Crippen LogP contribution in [-0.2, 0) is 0 Å². The highest BCUT2D eigenvalue weighted by atomic mass is 32.1. The van der Waals surface area contributed by atoms with Gasteiger partial charge in [-0.25, -0.2) is 0 Å². The molecule has 0 atom stereocenters. The second kappa shape index (κ2) is 9.68. The number of aliphatic imine (C=N–C) groups is 1. The molecule has 0 aliphatic heterocycles. The number of para-hydroxylation sites is 2. The molecule has 5 nitrogen and oxygen atoms in total. The SMILES string of the molecule is Cc1ccc(C(=Nc2sc(-[n+]3ccccc3)c(N)[n+]2-c2ccccc2)Nc2ccccc2)cc1. The molecule has 3 aromatic carbocycles. The summed E-state index contributed by atoms with van der Waals surface area (Å²) in [6.45, 7) is 2.08. The minimum absolute atomic E-state index is 0.633. The van der Waals surface area contributed by atoms with E-state index in [0.29, 0.717) is 5.82 Å². The van der Waals surface area contributed by atoms with Crippen molar-refractivity contribution in [3.05, 3.63) is 127 Å². The summed E-state index contributed by atoms with van der Waals surface area (Å²) in [6, 6.07) is 34.5. The molecule has 5 rings (SSSR count). The minimum atomic E-state index is 0.633. The predicted molar refractivity (Wildman–Crippen MR) is 139 cm³/mol. The molecule has 6 heteroatoms. The van der Waals surface area contributed by atoms with Gasteiger partial charge in [0.2, 0.25) is 5.84 Å². The average Bonchev–Trinajstić information content (AvgIpc) is 3.21. The van der Waals surface area contributed by atoms with Gasteiger partial charge in [0, 0.05) is 34.7 Å². The fraction of sp³-hybridized carbons (Fsp3) is 0.0357. The van der Waals surface area contributed by atoms with E-state index < -0.39 is 0 Å². The number of thiazole rings is 1. The number of benzene rings is 3. The van der Waals surface area contributed by atoms with Gasteiger partial charge in [0.05, 0.1) is 0 Å². The lowest BCUT2D eigenvalue weighted by Crippen LogP contribution is -2.36. The number of nitrogens with zero attached hydrogens (tertiary/aromatic N) is 3. The molecule has 0 aliphatic carbocycles. The van der Waals surface area contributed by atoms with Gasteiger partial charge in [-0.15, -0.1) is 0 Å². The summed E-state index contributed by atoms with van der Waals surface area (Å²) in [5.41, 5.74) is 10.8. The van der Waals surface area contributed by atoms with Gasteiger partial charge < -0.3 is 11.1 Å². The van der Waals surface area contributed by atoms with E-state index in [4.69, 9.17) is 10.7 Å². The maximum atomic E-state index is 6.72. The number of nitrogens with one attached hydrogen (secondary N) is 1. The molecule has 0 fully saturated rings. The van der Waals surface area contributed by atoms with E-state index >= 15 is 0 Å². The van der Waals surface area contributed by atoms with Crippen LogP contribution in [0.25, 0.3) is 10.7 Å². The minimum Gasteiger partial charge on any atom is -0.326 e. The quantitative estimate of drug-likeness (QED) is 0.209. The Kier molecular flexibility index (Phi) is 6.14. The van der Waals surface area contributed by atoms with Crippen molar-refractivity contribution in [1.29, 1.82) is 0 Å². The Morgan fingerprint density at radius 1 is 0.794 bits per heavy atom. The van der Waals surface area contributed by atoms with Crippen molar-refractivity contribution >= 4 is 33.8 Å². The molecule has 0 aliphatic rings. The Morgan fingerprint density at radius 3 is 2.09 bits per heavy atom. The largest absolute Gasteiger partial charge is 0.346 e. The molecule has 0 spiro atoms. The summed E-state index contributed by atoms with van der Waals surface area (Å²) in [5.74, 6) is 1.39. The molecule has 3 N–H and O–H groups in total. The first-order valence-electron chi connectivity index (χ1n) is 11.0. The second-order valence-electron chi connectivity index (χ2n) is 7.85. The van der Waals surface area contributed by atoms with Crippen LogP contribution >= 0.6 is 11.3 Å². The molecule has 0 amide bonds. The van der Waals surface area contributed by atoms with Crippen LogP contribution in [0.2, 0.25) is 0 Å². The molecule has 0 unspecified atom stereocenters. The van der Waals surface area contributed by atoms with Crippen LogP contribution < -0.4 is 20.2 Å². The molecule has 166 valence electrons. The van der Waals surface area contributed by atoms with Crippen LogP contribution in [0.5, 0.6) is 0 Å². The van der Waals surface area contributed by atoms with Crippen LogP contribution in [0.3, 0.4) is 0 Å². The number of nitrogen functional groups attached to an aromatic ring is 1. The maximum absolute atomic E-state index is 6.72. The van der Waals surface area contributed by atoms with Crippen molar-refractivity contribution in [1.82, 2.24) is 0 Å². The first kappa shape index (κ1) is 21.6. The molecular formula is C28H25N5S+2. The molecule has 0 bridgehead atoms. The van der Waals surface area contributed by atoms with Gasteiger partial charge >= 0.3 is 16.0 Å². The van der Waals surface area contributed by atoms with Gasteiger partial charge in [0.25, 0.3) is 0 Å². The van der Waals surface area contributed by atoms with Crippen LogP contribution in [0.15, 0.2) is 121 Å². The Balaban J connectivity index is 1.70. The smallest absolute Gasteiger partial charge is 0.326 e. The van der Waals surface area contributed by atoms with Gasteiger partial charge in [-0.2, -0.15) is 9.13 Å². The summed E-state index contributed by atoms with van der Waals surface area (Å²) in [5, 5.41) is 5.19. The number of nitrogens with two attached hydrogens (primary N) is 1. The molecule has 5 aromatic rings. The van der Waals surface area contributed by atoms with Crippen molar-refractivity contribution in [3.8, 4) is 10.7 Å². The number of pyridine rings is 1. The first-order chi connectivity index (χ1) is 16.7. The fourth-order valence-corrected chi connectivity index (χ4v) is 4.66. The van der Waals surface area contributed by atoms with Gasteiger partial charge in [0.1, 0.15) is 5.69 Å². The molecule has 34 heavy (non-hydrogen) atoms. The lowest BCUT2D eigenvalue weighted by atomic mass is 10.1. The summed E-state index contributed by atoms with van der Waals surface area (Å²) in [6.07, 6.45) is 3.99. The number of anilines is 2. The monoisotopic (exact) mass is 463 g/mol. The summed E-state index contributed by atoms with van der Waals surface area (Å²) >= 11 is 1.54. The average molecular weight is 464 g/mol. The van der Waals surface area contributed by atoms with Crippen molar-refractivity contribution in [2.24, 2.45) is 4.99 Å². The van der Waals surface area contributed by atoms with Gasteiger partial charge in [-0.05, 0) is 43.3 Å². The van der Waals surface area contributed by atoms with Crippen LogP contribution in [-0.4, -0.2) is 5.84 Å². The molecular weight excluding hydrogens is 438 g/mol. The first-order valence-corrected chi connectivity index (χ1v) is 11.8. The zero-order valence-electron chi connectivity index (χ0n) is 18.8. The fourth-order valence-electron chi connectivity index (χ4n) is 3.63. The lowest BCUT2D eigenvalue weighted by molar-refractivity contribution is -0.606. The summed E-state index contributed by atoms with van der Waals surface area (Å²) in [4.78, 5) is 5.13. The second-order valence-corrected chi connectivity index (χ2v) is 8.80. The van der Waals surface area contributed by atoms with Crippen LogP contribution in [0.4, 0.5) is 16.6 Å². The number of amidine groups is 1. The lowest BCUT2D eigenvalue weighted by Gasteiger charge is -2.08. The Hall–Kier alpha value is -4.29. The highest BCUT2D eigenvalue weighted by molar-refractivity contribution is 7.17. The highest BCUT2D eigenvalue weighted by Gasteiger charge is 2.29. The number of rotatable bonds is 5. The van der Waals surface area contributed by atoms with Gasteiger partial charge in [0.15, 0.2) is 12.4 Å². The van der Waals surface area contributed by atoms with Crippen LogP contribution in [0, 0.1) is 6.92 Å². The van der Waals surface area contributed by atoms with E-state index in [1.54, 1.807) is 11.3 Å². The van der Waals surface area contributed by atoms with Crippen molar-refractivity contribution in [2.75, 3.05) is 11.1 Å². The summed E-state index contributed by atoms with van der Waals surface area (Å²) < 4.78 is 4.02. The van der Waals surface area contributed by atoms with E-state index in [-0.39, 0.29) is 0 Å². The standard InChI is InChI=1S/C28H24N5S/c1-21-15-17-22(18-16-21)26(30-23-11-5-2-6-12-23)31-28-33(24-13-7-3-8-14-24)25(29)27(34-28)32-19-9-4-10-20-32/h2-20H,29H2,1H3/q+1/p+1. The Labute approximate surface area is 203 Å². The molecule has 0 radical (unpaired) electrons. The zero-order chi connectivity index (χ0) is 23.3. The number of aryl methyl sites for hydroxylation is 1. The van der Waals surface area contributed by atoms with Crippen molar-refractivity contribution < 1.29 is 9.13 Å². The molecule has 0 saturated carbocycles. The van der Waals surface area contributed by atoms with Gasteiger partial charge in [-0.1, -0.05) is 65.2 Å². The highest BCUT2D eigenvalue weighted by Crippen LogP contribution is 2.29. The zero-order valence-corrected chi connectivity index (χ0v) is 19.6. The van der Waals surface area contributed by atoms with E-state index in [1.807, 2.05) is 100 Å². The number of hydrogen-bond donors (Lipinski definition) is 2. The third-order valence-corrected chi connectivity index (χ3v) is 6.44. The van der Waals surface area contributed by atoms with Crippen molar-refractivity contribution in [2.45, 2.75) is 6.92 Å². The summed E-state index contributed by atoms with van der Waals surface area (Å²) in [7, 11) is 0. The topological polar surface area (TPSA) is 58.2 Å². The number of aromatic nitrogens is 2. The van der Waals surface area contributed by atoms with E-state index in [0.717, 1.165) is 32.9 Å². The maximum Gasteiger partial charge on any atom is 0.346 e. The third kappa shape index (κ3) is 4.58. The van der Waals surface area contributed by atoms with Crippen LogP contribution in [0.1, 0.15) is 11.1 Å². The van der Waals surface area contributed by atoms with E-state index in [1.165, 1.54) is 5.56 Å². The third-order valence-electron chi connectivity index (χ3n) is 5.37. The van der Waals surface area contributed by atoms with Crippen molar-refractivity contribution in [3.63, 3.8) is 0 Å². The number of hydrogen-bond acceptors (Lipinski definition) is 3. The van der Waals surface area contributed by atoms with E-state index in [9.17, 15) is 0 Å². The van der Waals surface area contributed by atoms with Gasteiger partial charge in [-0.3, -0.25) is 0 Å². The molecule has 2 aromatic heterocycles. The Morgan fingerprint density at radius 2 is 1.41 bits per heavy atom. The van der Waals surface area contributed by atoms with E-state index in [2.05, 4.69) is 36.5 Å². The molecule has 0 saturated heterocycles. The Bertz CT molecular complexity index is 1410. The predicted octanol–water partition coefficient (Wildman–Crippen LogP) is 5.38.